The first-order valence-corrected chi connectivity index (χ1v) is 7.86. The third-order valence-corrected chi connectivity index (χ3v) is 3.50. The molecule has 1 amide bonds. The normalized spacial score (nSPS) is 10.2. The molecule has 1 aromatic carbocycles. The molecule has 6 heteroatoms. The average molecular weight is 334 g/mol. The molecule has 0 aliphatic rings. The Labute approximate surface area is 141 Å². The largest absolute Gasteiger partial charge is 0.495 e. The highest BCUT2D eigenvalue weighted by molar-refractivity contribution is 6.31. The summed E-state index contributed by atoms with van der Waals surface area (Å²) in [5.41, 5.74) is 1.04. The Morgan fingerprint density at radius 3 is 2.87 bits per heavy atom. The van der Waals surface area contributed by atoms with E-state index in [4.69, 9.17) is 16.3 Å². The van der Waals surface area contributed by atoms with Crippen LogP contribution in [-0.2, 0) is 0 Å². The Balaban J connectivity index is 2.11. The molecular weight excluding hydrogens is 314 g/mol. The molecule has 0 spiro atoms. The van der Waals surface area contributed by atoms with E-state index in [1.165, 1.54) is 0 Å². The number of ether oxygens (including phenoxy) is 1. The van der Waals surface area contributed by atoms with Crippen molar-refractivity contribution in [3.05, 3.63) is 47.1 Å². The van der Waals surface area contributed by atoms with Gasteiger partial charge in [0.05, 0.1) is 12.8 Å². The van der Waals surface area contributed by atoms with E-state index in [0.717, 1.165) is 19.4 Å². The van der Waals surface area contributed by atoms with E-state index in [1.54, 1.807) is 43.6 Å². The number of anilines is 2. The first-order valence-electron chi connectivity index (χ1n) is 7.49. The Kier molecular flexibility index (Phi) is 6.23. The number of halogens is 1. The predicted octanol–water partition coefficient (Wildman–Crippen LogP) is 4.21. The first-order chi connectivity index (χ1) is 11.1. The number of hydrogen-bond acceptors (Lipinski definition) is 4. The molecule has 23 heavy (non-hydrogen) atoms. The molecule has 0 radical (unpaired) electrons. The van der Waals surface area contributed by atoms with Crippen molar-refractivity contribution in [2.45, 2.75) is 19.8 Å². The lowest BCUT2D eigenvalue weighted by Crippen LogP contribution is -2.13. The molecule has 5 nitrogen and oxygen atoms in total. The Morgan fingerprint density at radius 1 is 1.30 bits per heavy atom. The second-order valence-corrected chi connectivity index (χ2v) is 5.45. The van der Waals surface area contributed by atoms with Gasteiger partial charge in [0.15, 0.2) is 0 Å². The number of pyridine rings is 1. The quantitative estimate of drug-likeness (QED) is 0.745. The van der Waals surface area contributed by atoms with Crippen molar-refractivity contribution in [1.82, 2.24) is 4.98 Å². The summed E-state index contributed by atoms with van der Waals surface area (Å²) in [6.45, 7) is 2.95. The van der Waals surface area contributed by atoms with E-state index >= 15 is 0 Å². The number of methoxy groups -OCH3 is 1. The minimum Gasteiger partial charge on any atom is -0.495 e. The summed E-state index contributed by atoms with van der Waals surface area (Å²) in [4.78, 5) is 16.6. The fourth-order valence-corrected chi connectivity index (χ4v) is 2.21. The van der Waals surface area contributed by atoms with Crippen molar-refractivity contribution in [3.8, 4) is 5.75 Å². The van der Waals surface area contributed by atoms with Gasteiger partial charge >= 0.3 is 0 Å². The summed E-state index contributed by atoms with van der Waals surface area (Å²) in [6, 6.07) is 8.46. The van der Waals surface area contributed by atoms with Crippen LogP contribution in [0.2, 0.25) is 5.02 Å². The maximum Gasteiger partial charge on any atom is 0.255 e. The highest BCUT2D eigenvalue weighted by Gasteiger charge is 2.11. The molecule has 0 atom stereocenters. The predicted molar refractivity (Wildman–Crippen MR) is 93.6 cm³/mol. The number of nitrogens with one attached hydrogen (secondary N) is 2. The van der Waals surface area contributed by atoms with Crippen molar-refractivity contribution < 1.29 is 9.53 Å². The Hall–Kier alpha value is -2.27. The summed E-state index contributed by atoms with van der Waals surface area (Å²) in [7, 11) is 1.54. The number of hydrogen-bond donors (Lipinski definition) is 2. The van der Waals surface area contributed by atoms with Crippen LogP contribution in [0.3, 0.4) is 0 Å². The van der Waals surface area contributed by atoms with Gasteiger partial charge in [0.1, 0.15) is 11.6 Å². The zero-order chi connectivity index (χ0) is 16.7. The molecule has 0 saturated carbocycles. The van der Waals surface area contributed by atoms with Crippen molar-refractivity contribution in [3.63, 3.8) is 0 Å². The van der Waals surface area contributed by atoms with Gasteiger partial charge < -0.3 is 15.4 Å². The zero-order valence-corrected chi connectivity index (χ0v) is 14.0. The van der Waals surface area contributed by atoms with E-state index in [2.05, 4.69) is 22.5 Å². The molecule has 0 saturated heterocycles. The number of aromatic nitrogens is 1. The summed E-state index contributed by atoms with van der Waals surface area (Å²) < 4.78 is 5.23. The fraction of sp³-hybridized carbons (Fsp3) is 0.294. The second kappa shape index (κ2) is 8.39. The maximum atomic E-state index is 12.4. The van der Waals surface area contributed by atoms with Crippen LogP contribution in [0.5, 0.6) is 5.75 Å². The molecule has 2 N–H and O–H groups in total. The second-order valence-electron chi connectivity index (χ2n) is 5.01. The van der Waals surface area contributed by atoms with E-state index in [-0.39, 0.29) is 5.91 Å². The molecule has 1 heterocycles. The summed E-state index contributed by atoms with van der Waals surface area (Å²) in [5, 5.41) is 6.53. The lowest BCUT2D eigenvalue weighted by Gasteiger charge is -2.11. The Bertz CT molecular complexity index is 677. The lowest BCUT2D eigenvalue weighted by molar-refractivity contribution is 0.102. The molecule has 2 rings (SSSR count). The number of carbonyl (C=O) groups is 1. The van der Waals surface area contributed by atoms with Gasteiger partial charge in [0.2, 0.25) is 0 Å². The molecular formula is C17H20ClN3O2. The topological polar surface area (TPSA) is 63.2 Å². The molecule has 0 bridgehead atoms. The highest BCUT2D eigenvalue weighted by atomic mass is 35.5. The van der Waals surface area contributed by atoms with Crippen LogP contribution in [0.1, 0.15) is 30.1 Å². The van der Waals surface area contributed by atoms with Crippen LogP contribution in [-0.4, -0.2) is 24.5 Å². The van der Waals surface area contributed by atoms with Gasteiger partial charge in [-0.1, -0.05) is 24.9 Å². The molecule has 0 aliphatic heterocycles. The number of carbonyl (C=O) groups excluding carboxylic acids is 1. The van der Waals surface area contributed by atoms with Crippen LogP contribution < -0.4 is 15.4 Å². The Morgan fingerprint density at radius 2 is 2.13 bits per heavy atom. The minimum atomic E-state index is -0.244. The van der Waals surface area contributed by atoms with Crippen LogP contribution in [0.25, 0.3) is 0 Å². The number of benzene rings is 1. The van der Waals surface area contributed by atoms with Crippen molar-refractivity contribution in [2.75, 3.05) is 24.3 Å². The SMILES string of the molecule is CCCCNc1cc(C(=O)Nc2cc(Cl)ccc2OC)ccn1. The first kappa shape index (κ1) is 17.1. The molecule has 0 unspecified atom stereocenters. The molecule has 0 fully saturated rings. The van der Waals surface area contributed by atoms with Gasteiger partial charge in [-0.3, -0.25) is 4.79 Å². The lowest BCUT2D eigenvalue weighted by atomic mass is 10.2. The number of nitrogens with zero attached hydrogens (tertiary/aromatic N) is 1. The summed E-state index contributed by atoms with van der Waals surface area (Å²) >= 11 is 5.97. The van der Waals surface area contributed by atoms with Crippen LogP contribution in [0, 0.1) is 0 Å². The molecule has 122 valence electrons. The van der Waals surface area contributed by atoms with Crippen molar-refractivity contribution >= 4 is 29.0 Å². The van der Waals surface area contributed by atoms with Crippen molar-refractivity contribution in [1.29, 1.82) is 0 Å². The van der Waals surface area contributed by atoms with Crippen molar-refractivity contribution in [2.24, 2.45) is 0 Å². The van der Waals surface area contributed by atoms with Gasteiger partial charge in [0, 0.05) is 23.3 Å². The monoisotopic (exact) mass is 333 g/mol. The summed E-state index contributed by atoms with van der Waals surface area (Å²) in [5.74, 6) is 0.994. The van der Waals surface area contributed by atoms with Gasteiger partial charge in [-0.15, -0.1) is 0 Å². The summed E-state index contributed by atoms with van der Waals surface area (Å²) in [6.07, 6.45) is 3.76. The van der Waals surface area contributed by atoms with Crippen LogP contribution in [0.4, 0.5) is 11.5 Å². The van der Waals surface area contributed by atoms with Gasteiger partial charge in [0.25, 0.3) is 5.91 Å². The number of unbranched alkanes of at least 4 members (excludes halogenated alkanes) is 1. The van der Waals surface area contributed by atoms with Gasteiger partial charge in [-0.05, 0) is 36.8 Å². The van der Waals surface area contributed by atoms with E-state index in [9.17, 15) is 4.79 Å². The third-order valence-electron chi connectivity index (χ3n) is 3.27. The van der Waals surface area contributed by atoms with Crippen LogP contribution in [0.15, 0.2) is 36.5 Å². The maximum absolute atomic E-state index is 12.4. The van der Waals surface area contributed by atoms with E-state index in [1.807, 2.05) is 0 Å². The van der Waals surface area contributed by atoms with Gasteiger partial charge in [-0.25, -0.2) is 4.98 Å². The zero-order valence-electron chi connectivity index (χ0n) is 13.2. The van der Waals surface area contributed by atoms with E-state index in [0.29, 0.717) is 27.8 Å². The third kappa shape index (κ3) is 4.86. The van der Waals surface area contributed by atoms with Gasteiger partial charge in [-0.2, -0.15) is 0 Å². The standard InChI is InChI=1S/C17H20ClN3O2/c1-3-4-8-19-16-10-12(7-9-20-16)17(22)21-14-11-13(18)5-6-15(14)23-2/h5-7,9-11H,3-4,8H2,1-2H3,(H,19,20)(H,21,22). The molecule has 1 aromatic heterocycles. The molecule has 2 aromatic rings. The average Bonchev–Trinajstić information content (AvgIpc) is 2.55. The molecule has 0 aliphatic carbocycles. The fourth-order valence-electron chi connectivity index (χ4n) is 2.03. The van der Waals surface area contributed by atoms with E-state index < -0.39 is 0 Å². The minimum absolute atomic E-state index is 0.244. The highest BCUT2D eigenvalue weighted by Crippen LogP contribution is 2.28. The number of rotatable bonds is 7. The smallest absolute Gasteiger partial charge is 0.255 e. The number of amides is 1. The van der Waals surface area contributed by atoms with Crippen LogP contribution >= 0.6 is 11.6 Å².